The van der Waals surface area contributed by atoms with E-state index in [-0.39, 0.29) is 0 Å². The van der Waals surface area contributed by atoms with Gasteiger partial charge in [-0.05, 0) is 72.1 Å². The van der Waals surface area contributed by atoms with Crippen LogP contribution in [0.3, 0.4) is 0 Å². The first-order chi connectivity index (χ1) is 21.3. The third-order valence-electron chi connectivity index (χ3n) is 8.55. The van der Waals surface area contributed by atoms with Crippen LogP contribution in [0.1, 0.15) is 0 Å². The molecule has 9 aromatic rings. The van der Waals surface area contributed by atoms with Crippen LogP contribution in [0.25, 0.3) is 60.2 Å². The van der Waals surface area contributed by atoms with Crippen molar-refractivity contribution in [3.8, 4) is 5.69 Å². The monoisotopic (exact) mass is 550 g/mol. The molecule has 0 spiro atoms. The Morgan fingerprint density at radius 1 is 0.465 bits per heavy atom. The van der Waals surface area contributed by atoms with Crippen LogP contribution in [0.15, 0.2) is 162 Å². The summed E-state index contributed by atoms with van der Waals surface area (Å²) in [5, 5.41) is 6.98. The van der Waals surface area contributed by atoms with E-state index in [9.17, 15) is 0 Å². The van der Waals surface area contributed by atoms with Crippen LogP contribution in [0, 0.1) is 0 Å². The third-order valence-corrected chi connectivity index (χ3v) is 8.55. The van der Waals surface area contributed by atoms with Gasteiger partial charge in [0, 0.05) is 38.6 Å². The average Bonchev–Trinajstić information content (AvgIpc) is 3.62. The van der Waals surface area contributed by atoms with Crippen LogP contribution in [-0.2, 0) is 0 Å². The van der Waals surface area contributed by atoms with E-state index in [4.69, 9.17) is 4.42 Å². The molecule has 2 aromatic heterocycles. The zero-order chi connectivity index (χ0) is 28.3. The van der Waals surface area contributed by atoms with Gasteiger partial charge in [-0.3, -0.25) is 0 Å². The Bertz CT molecular complexity index is 2450. The van der Waals surface area contributed by atoms with Crippen LogP contribution in [0.5, 0.6) is 0 Å². The van der Waals surface area contributed by atoms with Gasteiger partial charge < -0.3 is 13.9 Å². The first-order valence-corrected chi connectivity index (χ1v) is 14.6. The standard InChI is InChI=1S/C40H26N2O/c1-3-13-28(14-4-1)41(37-20-11-21-38-39(37)33-24-22-27-12-7-8-17-31(27)40(33)43-38)30-23-25-36-34(26-30)32-18-9-10-19-35(32)42(36)29-15-5-2-6-16-29/h1-26H. The molecule has 0 aliphatic carbocycles. The fourth-order valence-electron chi connectivity index (χ4n) is 6.68. The maximum Gasteiger partial charge on any atom is 0.143 e. The highest BCUT2D eigenvalue weighted by molar-refractivity contribution is 6.20. The lowest BCUT2D eigenvalue weighted by atomic mass is 10.0. The molecule has 0 fully saturated rings. The zero-order valence-electron chi connectivity index (χ0n) is 23.3. The molecule has 0 N–H and O–H groups in total. The molecular formula is C40H26N2O. The minimum atomic E-state index is 0.881. The first kappa shape index (κ1) is 23.9. The fourth-order valence-corrected chi connectivity index (χ4v) is 6.68. The van der Waals surface area contributed by atoms with E-state index >= 15 is 0 Å². The minimum absolute atomic E-state index is 0.881. The van der Waals surface area contributed by atoms with Gasteiger partial charge in [0.1, 0.15) is 11.2 Å². The number of nitrogens with zero attached hydrogens (tertiary/aromatic N) is 2. The second kappa shape index (κ2) is 9.37. The summed E-state index contributed by atoms with van der Waals surface area (Å²) in [5.74, 6) is 0. The molecule has 0 saturated heterocycles. The van der Waals surface area contributed by atoms with Crippen molar-refractivity contribution in [2.24, 2.45) is 0 Å². The van der Waals surface area contributed by atoms with Gasteiger partial charge in [0.15, 0.2) is 0 Å². The molecular weight excluding hydrogens is 524 g/mol. The molecule has 0 bridgehead atoms. The van der Waals surface area contributed by atoms with Gasteiger partial charge in [-0.25, -0.2) is 0 Å². The Balaban J connectivity index is 1.34. The smallest absolute Gasteiger partial charge is 0.143 e. The van der Waals surface area contributed by atoms with Crippen molar-refractivity contribution >= 4 is 71.6 Å². The SMILES string of the molecule is c1ccc(N(c2ccc3c(c2)c2ccccc2n3-c2ccccc2)c2cccc3oc4c5ccccc5ccc4c23)cc1. The van der Waals surface area contributed by atoms with Crippen molar-refractivity contribution in [3.63, 3.8) is 0 Å². The summed E-state index contributed by atoms with van der Waals surface area (Å²) in [4.78, 5) is 2.36. The highest BCUT2D eigenvalue weighted by Crippen LogP contribution is 2.45. The minimum Gasteiger partial charge on any atom is -0.455 e. The Hall–Kier alpha value is -5.80. The van der Waals surface area contributed by atoms with E-state index in [1.54, 1.807) is 0 Å². The average molecular weight is 551 g/mol. The maximum atomic E-state index is 6.58. The van der Waals surface area contributed by atoms with E-state index in [0.717, 1.165) is 50.1 Å². The maximum absolute atomic E-state index is 6.58. The van der Waals surface area contributed by atoms with Gasteiger partial charge in [0.25, 0.3) is 0 Å². The van der Waals surface area contributed by atoms with Crippen LogP contribution in [0.4, 0.5) is 17.1 Å². The number of benzene rings is 7. The number of para-hydroxylation sites is 3. The van der Waals surface area contributed by atoms with E-state index in [0.29, 0.717) is 0 Å². The predicted molar refractivity (Wildman–Crippen MR) is 180 cm³/mol. The van der Waals surface area contributed by atoms with Gasteiger partial charge >= 0.3 is 0 Å². The topological polar surface area (TPSA) is 21.3 Å². The van der Waals surface area contributed by atoms with Crippen LogP contribution < -0.4 is 4.90 Å². The third kappa shape index (κ3) is 3.62. The molecule has 9 rings (SSSR count). The van der Waals surface area contributed by atoms with Gasteiger partial charge in [-0.2, -0.15) is 0 Å². The van der Waals surface area contributed by atoms with E-state index < -0.39 is 0 Å². The quantitative estimate of drug-likeness (QED) is 0.217. The largest absolute Gasteiger partial charge is 0.455 e. The fraction of sp³-hybridized carbons (Fsp3) is 0. The Labute approximate surface area is 248 Å². The Kier molecular flexibility index (Phi) is 5.20. The molecule has 0 amide bonds. The zero-order valence-corrected chi connectivity index (χ0v) is 23.3. The normalized spacial score (nSPS) is 11.7. The van der Waals surface area contributed by atoms with Crippen molar-refractivity contribution in [2.75, 3.05) is 4.90 Å². The summed E-state index contributed by atoms with van der Waals surface area (Å²) in [5.41, 5.74) is 8.62. The molecule has 0 aliphatic rings. The number of hydrogen-bond donors (Lipinski definition) is 0. The number of fused-ring (bicyclic) bond motifs is 8. The molecule has 43 heavy (non-hydrogen) atoms. The lowest BCUT2D eigenvalue weighted by Gasteiger charge is -2.26. The number of rotatable bonds is 4. The van der Waals surface area contributed by atoms with E-state index in [1.807, 2.05) is 0 Å². The first-order valence-electron chi connectivity index (χ1n) is 14.6. The summed E-state index contributed by atoms with van der Waals surface area (Å²) in [6.45, 7) is 0. The second-order valence-electron chi connectivity index (χ2n) is 11.0. The molecule has 0 unspecified atom stereocenters. The highest BCUT2D eigenvalue weighted by atomic mass is 16.3. The molecule has 2 heterocycles. The summed E-state index contributed by atoms with van der Waals surface area (Å²) < 4.78 is 8.94. The molecule has 0 radical (unpaired) electrons. The van der Waals surface area contributed by atoms with Crippen molar-refractivity contribution in [2.45, 2.75) is 0 Å². The van der Waals surface area contributed by atoms with Crippen LogP contribution >= 0.6 is 0 Å². The number of hydrogen-bond acceptors (Lipinski definition) is 2. The summed E-state index contributed by atoms with van der Waals surface area (Å²) in [6, 6.07) is 55.9. The van der Waals surface area contributed by atoms with Gasteiger partial charge in [-0.15, -0.1) is 0 Å². The molecule has 3 heteroatoms. The van der Waals surface area contributed by atoms with Gasteiger partial charge in [0.2, 0.25) is 0 Å². The number of anilines is 3. The predicted octanol–water partition coefficient (Wildman–Crippen LogP) is 11.3. The van der Waals surface area contributed by atoms with Crippen molar-refractivity contribution in [1.82, 2.24) is 4.57 Å². The lowest BCUT2D eigenvalue weighted by molar-refractivity contribution is 0.672. The molecule has 0 aliphatic heterocycles. The number of furan rings is 1. The lowest BCUT2D eigenvalue weighted by Crippen LogP contribution is -2.10. The Morgan fingerprint density at radius 3 is 2.05 bits per heavy atom. The van der Waals surface area contributed by atoms with Crippen molar-refractivity contribution in [1.29, 1.82) is 0 Å². The summed E-state index contributed by atoms with van der Waals surface area (Å²) >= 11 is 0. The molecule has 3 nitrogen and oxygen atoms in total. The second-order valence-corrected chi connectivity index (χ2v) is 11.0. The number of aromatic nitrogens is 1. The molecule has 7 aromatic carbocycles. The van der Waals surface area contributed by atoms with Crippen molar-refractivity contribution in [3.05, 3.63) is 158 Å². The van der Waals surface area contributed by atoms with Crippen LogP contribution in [0.2, 0.25) is 0 Å². The molecule has 0 atom stereocenters. The Morgan fingerprint density at radius 2 is 1.19 bits per heavy atom. The van der Waals surface area contributed by atoms with E-state index in [2.05, 4.69) is 167 Å². The van der Waals surface area contributed by atoms with Crippen LogP contribution in [-0.4, -0.2) is 4.57 Å². The molecule has 0 saturated carbocycles. The van der Waals surface area contributed by atoms with Crippen molar-refractivity contribution < 1.29 is 4.42 Å². The summed E-state index contributed by atoms with van der Waals surface area (Å²) in [7, 11) is 0. The van der Waals surface area contributed by atoms with E-state index in [1.165, 1.54) is 27.2 Å². The van der Waals surface area contributed by atoms with Gasteiger partial charge in [0.05, 0.1) is 22.1 Å². The summed E-state index contributed by atoms with van der Waals surface area (Å²) in [6.07, 6.45) is 0. The molecule has 202 valence electrons. The highest BCUT2D eigenvalue weighted by Gasteiger charge is 2.21. The van der Waals surface area contributed by atoms with Gasteiger partial charge in [-0.1, -0.05) is 91.0 Å².